The van der Waals surface area contributed by atoms with Crippen molar-refractivity contribution in [3.8, 4) is 0 Å². The fraction of sp³-hybridized carbons (Fsp3) is 0.429. The van der Waals surface area contributed by atoms with Crippen LogP contribution in [0.2, 0.25) is 0 Å². The molecule has 158 valence electrons. The third-order valence-corrected chi connectivity index (χ3v) is 7.78. The molecular formula is C21H24N4O2S3. The molecule has 2 saturated heterocycles. The Bertz CT molecular complexity index is 1110. The third kappa shape index (κ3) is 3.78. The lowest BCUT2D eigenvalue weighted by atomic mass is 10.2. The van der Waals surface area contributed by atoms with E-state index in [-0.39, 0.29) is 17.5 Å². The van der Waals surface area contributed by atoms with E-state index >= 15 is 0 Å². The van der Waals surface area contributed by atoms with Gasteiger partial charge in [0, 0.05) is 36.8 Å². The largest absolute Gasteiger partial charge is 0.354 e. The predicted molar refractivity (Wildman–Crippen MR) is 131 cm³/mol. The van der Waals surface area contributed by atoms with Crippen LogP contribution in [0.4, 0.5) is 5.82 Å². The van der Waals surface area contributed by atoms with Crippen LogP contribution in [0.1, 0.15) is 31.4 Å². The second kappa shape index (κ2) is 8.72. The average molecular weight is 461 g/mol. The number of aryl methyl sites for hydroxylation is 1. The number of hydrogen-bond donors (Lipinski definition) is 0. The first kappa shape index (κ1) is 21.4. The molecule has 2 fully saturated rings. The number of nitrogens with zero attached hydrogens (tertiary/aromatic N) is 4. The molecule has 2 aromatic heterocycles. The number of pyridine rings is 1. The number of hydrogen-bond acceptors (Lipinski definition) is 7. The number of fused-ring (bicyclic) bond motifs is 1. The van der Waals surface area contributed by atoms with Crippen molar-refractivity contribution in [1.29, 1.82) is 0 Å². The van der Waals surface area contributed by atoms with E-state index in [2.05, 4.69) is 4.90 Å². The summed E-state index contributed by atoms with van der Waals surface area (Å²) in [6.45, 7) is 7.62. The molecule has 0 aliphatic carbocycles. The third-order valence-electron chi connectivity index (χ3n) is 5.51. The Kier molecular flexibility index (Phi) is 6.22. The summed E-state index contributed by atoms with van der Waals surface area (Å²) < 4.78 is 2.11. The van der Waals surface area contributed by atoms with Gasteiger partial charge in [-0.3, -0.25) is 18.9 Å². The number of thiocarbonyl (C=S) groups is 1. The molecule has 0 N–H and O–H groups in total. The lowest BCUT2D eigenvalue weighted by Crippen LogP contribution is -2.36. The number of rotatable bonds is 4. The molecule has 0 unspecified atom stereocenters. The Balaban J connectivity index is 1.88. The average Bonchev–Trinajstić information content (AvgIpc) is 3.03. The lowest BCUT2D eigenvalue weighted by Gasteiger charge is -2.29. The first-order valence-corrected chi connectivity index (χ1v) is 12.4. The molecule has 0 bridgehead atoms. The van der Waals surface area contributed by atoms with Gasteiger partial charge in [0.25, 0.3) is 11.5 Å². The monoisotopic (exact) mass is 460 g/mol. The highest BCUT2D eigenvalue weighted by molar-refractivity contribution is 8.26. The summed E-state index contributed by atoms with van der Waals surface area (Å²) in [5.41, 5.74) is 1.89. The Labute approximate surface area is 189 Å². The van der Waals surface area contributed by atoms with Gasteiger partial charge in [-0.25, -0.2) is 4.98 Å². The van der Waals surface area contributed by atoms with Crippen LogP contribution in [-0.2, 0) is 4.79 Å². The van der Waals surface area contributed by atoms with Crippen molar-refractivity contribution in [2.24, 2.45) is 0 Å². The van der Waals surface area contributed by atoms with Gasteiger partial charge in [0.1, 0.15) is 15.8 Å². The summed E-state index contributed by atoms with van der Waals surface area (Å²) in [6.07, 6.45) is 4.24. The van der Waals surface area contributed by atoms with E-state index in [9.17, 15) is 9.59 Å². The maximum atomic E-state index is 13.5. The molecule has 0 saturated carbocycles. The predicted octanol–water partition coefficient (Wildman–Crippen LogP) is 3.56. The van der Waals surface area contributed by atoms with E-state index < -0.39 is 0 Å². The summed E-state index contributed by atoms with van der Waals surface area (Å²) >= 11 is 8.62. The quantitative estimate of drug-likeness (QED) is 0.511. The molecule has 0 spiro atoms. The molecule has 9 heteroatoms. The van der Waals surface area contributed by atoms with Crippen molar-refractivity contribution in [3.63, 3.8) is 0 Å². The van der Waals surface area contributed by atoms with Crippen molar-refractivity contribution >= 4 is 63.5 Å². The van der Waals surface area contributed by atoms with E-state index in [0.29, 0.717) is 26.3 Å². The molecule has 2 aliphatic rings. The number of carbonyl (C=O) groups excluding carboxylic acids is 1. The zero-order valence-electron chi connectivity index (χ0n) is 17.3. The SMILES string of the molecule is CC[C@H](C)N1C(=O)/C(=C/c2c(N3CCSCC3)nc3c(C)cccn3c2=O)SC1=S. The van der Waals surface area contributed by atoms with Crippen molar-refractivity contribution < 1.29 is 4.79 Å². The van der Waals surface area contributed by atoms with E-state index in [0.717, 1.165) is 36.6 Å². The first-order chi connectivity index (χ1) is 14.4. The molecule has 30 heavy (non-hydrogen) atoms. The van der Waals surface area contributed by atoms with Gasteiger partial charge in [-0.2, -0.15) is 11.8 Å². The zero-order valence-corrected chi connectivity index (χ0v) is 19.7. The number of aromatic nitrogens is 2. The summed E-state index contributed by atoms with van der Waals surface area (Å²) in [7, 11) is 0. The number of thioether (sulfide) groups is 2. The molecule has 1 atom stereocenters. The van der Waals surface area contributed by atoms with Gasteiger partial charge in [0.05, 0.1) is 10.5 Å². The maximum absolute atomic E-state index is 13.5. The van der Waals surface area contributed by atoms with Crippen LogP contribution in [-0.4, -0.2) is 55.1 Å². The molecule has 2 aromatic rings. The van der Waals surface area contributed by atoms with Crippen LogP contribution in [0, 0.1) is 6.92 Å². The van der Waals surface area contributed by atoms with Crippen LogP contribution in [0.3, 0.4) is 0 Å². The minimum atomic E-state index is -0.161. The van der Waals surface area contributed by atoms with Gasteiger partial charge in [-0.1, -0.05) is 37.0 Å². The van der Waals surface area contributed by atoms with E-state index in [1.54, 1.807) is 21.6 Å². The first-order valence-electron chi connectivity index (χ1n) is 10.0. The minimum Gasteiger partial charge on any atom is -0.354 e. The molecular weight excluding hydrogens is 436 g/mol. The Morgan fingerprint density at radius 3 is 2.73 bits per heavy atom. The van der Waals surface area contributed by atoms with Crippen molar-refractivity contribution in [2.45, 2.75) is 33.2 Å². The highest BCUT2D eigenvalue weighted by Crippen LogP contribution is 2.35. The molecule has 4 heterocycles. The lowest BCUT2D eigenvalue weighted by molar-refractivity contribution is -0.123. The highest BCUT2D eigenvalue weighted by Gasteiger charge is 2.35. The summed E-state index contributed by atoms with van der Waals surface area (Å²) in [4.78, 5) is 35.7. The fourth-order valence-electron chi connectivity index (χ4n) is 3.62. The van der Waals surface area contributed by atoms with Gasteiger partial charge in [0.2, 0.25) is 0 Å². The molecule has 2 aliphatic heterocycles. The number of anilines is 1. The molecule has 0 radical (unpaired) electrons. The van der Waals surface area contributed by atoms with Gasteiger partial charge in [-0.15, -0.1) is 0 Å². The topological polar surface area (TPSA) is 57.9 Å². The maximum Gasteiger partial charge on any atom is 0.267 e. The Morgan fingerprint density at radius 1 is 1.30 bits per heavy atom. The van der Waals surface area contributed by atoms with Crippen LogP contribution in [0.15, 0.2) is 28.0 Å². The molecule has 6 nitrogen and oxygen atoms in total. The van der Waals surface area contributed by atoms with Crippen molar-refractivity contribution in [2.75, 3.05) is 29.5 Å². The second-order valence-electron chi connectivity index (χ2n) is 7.45. The summed E-state index contributed by atoms with van der Waals surface area (Å²) in [6, 6.07) is 3.82. The standard InChI is InChI=1S/C21H24N4O2S3/c1-4-14(3)25-20(27)16(30-21(25)28)12-15-18(23-8-10-29-11-9-23)22-17-13(2)6-5-7-24(17)19(15)26/h5-7,12,14H,4,8-11H2,1-3H3/b16-12-/t14-/m0/s1. The number of amides is 1. The molecule has 4 rings (SSSR count). The Hall–Kier alpha value is -1.84. The van der Waals surface area contributed by atoms with Crippen molar-refractivity contribution in [3.05, 3.63) is 44.7 Å². The van der Waals surface area contributed by atoms with E-state index in [4.69, 9.17) is 17.2 Å². The molecule has 1 amide bonds. The minimum absolute atomic E-state index is 0.0282. The Morgan fingerprint density at radius 2 is 2.03 bits per heavy atom. The number of carbonyl (C=O) groups is 1. The van der Waals surface area contributed by atoms with Crippen molar-refractivity contribution in [1.82, 2.24) is 14.3 Å². The summed E-state index contributed by atoms with van der Waals surface area (Å²) in [5.74, 6) is 2.51. The van der Waals surface area contributed by atoms with Crippen LogP contribution >= 0.6 is 35.7 Å². The zero-order chi connectivity index (χ0) is 21.4. The van der Waals surface area contributed by atoms with Crippen LogP contribution in [0.5, 0.6) is 0 Å². The van der Waals surface area contributed by atoms with Crippen LogP contribution < -0.4 is 10.5 Å². The van der Waals surface area contributed by atoms with Gasteiger partial charge >= 0.3 is 0 Å². The highest BCUT2D eigenvalue weighted by atomic mass is 32.2. The van der Waals surface area contributed by atoms with E-state index in [1.165, 1.54) is 11.8 Å². The van der Waals surface area contributed by atoms with Gasteiger partial charge in [-0.05, 0) is 38.0 Å². The smallest absolute Gasteiger partial charge is 0.267 e. The van der Waals surface area contributed by atoms with Crippen LogP contribution in [0.25, 0.3) is 11.7 Å². The summed E-state index contributed by atoms with van der Waals surface area (Å²) in [5, 5.41) is 0. The normalized spacial score (nSPS) is 19.9. The second-order valence-corrected chi connectivity index (χ2v) is 10.3. The van der Waals surface area contributed by atoms with Gasteiger partial charge < -0.3 is 4.90 Å². The fourth-order valence-corrected chi connectivity index (χ4v) is 5.96. The van der Waals surface area contributed by atoms with E-state index in [1.807, 2.05) is 44.7 Å². The van der Waals surface area contributed by atoms with Gasteiger partial charge in [0.15, 0.2) is 0 Å². The molecule has 0 aromatic carbocycles.